The number of rotatable bonds is 3. The van der Waals surface area contributed by atoms with Gasteiger partial charge >= 0.3 is 0 Å². The largest absolute Gasteiger partial charge is 0.352 e. The first kappa shape index (κ1) is 12.2. The fourth-order valence-corrected chi connectivity index (χ4v) is 1.90. The number of benzene rings is 1. The lowest BCUT2D eigenvalue weighted by atomic mass is 10.1. The molecule has 0 aliphatic heterocycles. The van der Waals surface area contributed by atoms with Gasteiger partial charge in [-0.05, 0) is 31.0 Å². The maximum absolute atomic E-state index is 9.14. The summed E-state index contributed by atoms with van der Waals surface area (Å²) in [4.78, 5) is 0. The SMILES string of the molecule is CCc1nn(C)cc1Nc1ccc(C)cc1C#N. The number of nitrogens with zero attached hydrogens (tertiary/aromatic N) is 3. The van der Waals surface area contributed by atoms with Gasteiger partial charge in [-0.15, -0.1) is 0 Å². The van der Waals surface area contributed by atoms with Crippen LogP contribution in [0.2, 0.25) is 0 Å². The van der Waals surface area contributed by atoms with Crippen LogP contribution in [0.5, 0.6) is 0 Å². The molecule has 92 valence electrons. The van der Waals surface area contributed by atoms with Gasteiger partial charge < -0.3 is 5.32 Å². The highest BCUT2D eigenvalue weighted by Gasteiger charge is 2.08. The van der Waals surface area contributed by atoms with Crippen LogP contribution in [0, 0.1) is 18.3 Å². The van der Waals surface area contributed by atoms with Crippen LogP contribution in [0.4, 0.5) is 11.4 Å². The van der Waals surface area contributed by atoms with Gasteiger partial charge in [-0.1, -0.05) is 13.0 Å². The van der Waals surface area contributed by atoms with Crippen LogP contribution < -0.4 is 5.32 Å². The van der Waals surface area contributed by atoms with Gasteiger partial charge in [-0.25, -0.2) is 0 Å². The van der Waals surface area contributed by atoms with Crippen LogP contribution in [-0.2, 0) is 13.5 Å². The molecule has 18 heavy (non-hydrogen) atoms. The molecule has 4 nitrogen and oxygen atoms in total. The molecule has 1 N–H and O–H groups in total. The molecule has 2 rings (SSSR count). The molecule has 0 saturated carbocycles. The number of hydrogen-bond acceptors (Lipinski definition) is 3. The summed E-state index contributed by atoms with van der Waals surface area (Å²) in [6.45, 7) is 4.04. The van der Waals surface area contributed by atoms with Gasteiger partial charge in [0.2, 0.25) is 0 Å². The van der Waals surface area contributed by atoms with Crippen molar-refractivity contribution >= 4 is 11.4 Å². The molecule has 0 radical (unpaired) electrons. The predicted octanol–water partition coefficient (Wildman–Crippen LogP) is 2.91. The minimum atomic E-state index is 0.654. The van der Waals surface area contributed by atoms with Crippen molar-refractivity contribution in [3.05, 3.63) is 41.2 Å². The van der Waals surface area contributed by atoms with Crippen LogP contribution in [0.1, 0.15) is 23.7 Å². The predicted molar refractivity (Wildman–Crippen MR) is 71.8 cm³/mol. The van der Waals surface area contributed by atoms with Gasteiger partial charge in [-0.2, -0.15) is 10.4 Å². The molecule has 0 spiro atoms. The second-order valence-electron chi connectivity index (χ2n) is 4.30. The number of nitriles is 1. The van der Waals surface area contributed by atoms with Gasteiger partial charge in [-0.3, -0.25) is 4.68 Å². The van der Waals surface area contributed by atoms with E-state index in [0.29, 0.717) is 5.56 Å². The Morgan fingerprint density at radius 3 is 2.83 bits per heavy atom. The minimum Gasteiger partial charge on any atom is -0.352 e. The van der Waals surface area contributed by atoms with E-state index in [9.17, 15) is 0 Å². The molecule has 0 aliphatic carbocycles. The molecule has 1 aromatic heterocycles. The highest BCUT2D eigenvalue weighted by atomic mass is 15.3. The Balaban J connectivity index is 2.37. The third-order valence-corrected chi connectivity index (χ3v) is 2.81. The van der Waals surface area contributed by atoms with Gasteiger partial charge in [0.25, 0.3) is 0 Å². The summed E-state index contributed by atoms with van der Waals surface area (Å²) in [6.07, 6.45) is 2.79. The zero-order valence-electron chi connectivity index (χ0n) is 10.9. The van der Waals surface area contributed by atoms with Crippen molar-refractivity contribution < 1.29 is 0 Å². The molecule has 0 amide bonds. The van der Waals surface area contributed by atoms with E-state index in [2.05, 4.69) is 23.4 Å². The van der Waals surface area contributed by atoms with Gasteiger partial charge in [0.15, 0.2) is 0 Å². The Hall–Kier alpha value is -2.28. The highest BCUT2D eigenvalue weighted by Crippen LogP contribution is 2.23. The maximum Gasteiger partial charge on any atom is 0.101 e. The first-order valence-corrected chi connectivity index (χ1v) is 5.94. The minimum absolute atomic E-state index is 0.654. The summed E-state index contributed by atoms with van der Waals surface area (Å²) in [5, 5.41) is 16.8. The van der Waals surface area contributed by atoms with E-state index >= 15 is 0 Å². The van der Waals surface area contributed by atoms with Crippen molar-refractivity contribution in [2.24, 2.45) is 7.05 Å². The Morgan fingerprint density at radius 2 is 2.17 bits per heavy atom. The summed E-state index contributed by atoms with van der Waals surface area (Å²) in [6, 6.07) is 8.01. The summed E-state index contributed by atoms with van der Waals surface area (Å²) < 4.78 is 1.78. The molecule has 0 unspecified atom stereocenters. The van der Waals surface area contributed by atoms with Crippen molar-refractivity contribution in [2.75, 3.05) is 5.32 Å². The Kier molecular flexibility index (Phi) is 3.33. The summed E-state index contributed by atoms with van der Waals surface area (Å²) in [5.41, 5.74) is 4.52. The number of anilines is 2. The first-order chi connectivity index (χ1) is 8.63. The molecule has 1 heterocycles. The lowest BCUT2D eigenvalue weighted by Crippen LogP contribution is -1.96. The molecule has 0 fully saturated rings. The molecule has 2 aromatic rings. The average molecular weight is 240 g/mol. The van der Waals surface area contributed by atoms with Crippen molar-refractivity contribution in [3.8, 4) is 6.07 Å². The van der Waals surface area contributed by atoms with E-state index in [1.165, 1.54) is 0 Å². The molecule has 1 aromatic carbocycles. The van der Waals surface area contributed by atoms with Crippen molar-refractivity contribution in [3.63, 3.8) is 0 Å². The Labute approximate surface area is 107 Å². The van der Waals surface area contributed by atoms with Gasteiger partial charge in [0, 0.05) is 13.2 Å². The van der Waals surface area contributed by atoms with Crippen LogP contribution in [0.15, 0.2) is 24.4 Å². The van der Waals surface area contributed by atoms with Gasteiger partial charge in [0.05, 0.1) is 22.6 Å². The lowest BCUT2D eigenvalue weighted by molar-refractivity contribution is 0.746. The molecule has 0 aliphatic rings. The van der Waals surface area contributed by atoms with Crippen LogP contribution >= 0.6 is 0 Å². The van der Waals surface area contributed by atoms with Crippen molar-refractivity contribution in [2.45, 2.75) is 20.3 Å². The van der Waals surface area contributed by atoms with E-state index < -0.39 is 0 Å². The molecule has 0 bridgehead atoms. The lowest BCUT2D eigenvalue weighted by Gasteiger charge is -2.08. The van der Waals surface area contributed by atoms with E-state index in [1.54, 1.807) is 4.68 Å². The summed E-state index contributed by atoms with van der Waals surface area (Å²) in [5.74, 6) is 0. The smallest absolute Gasteiger partial charge is 0.101 e. The zero-order chi connectivity index (χ0) is 13.1. The third kappa shape index (κ3) is 2.35. The van der Waals surface area contributed by atoms with E-state index in [-0.39, 0.29) is 0 Å². The number of hydrogen-bond donors (Lipinski definition) is 1. The Morgan fingerprint density at radius 1 is 1.39 bits per heavy atom. The Bertz CT molecular complexity index is 605. The van der Waals surface area contributed by atoms with Gasteiger partial charge in [0.1, 0.15) is 6.07 Å². The molecular formula is C14H16N4. The number of aryl methyl sites for hydroxylation is 3. The number of nitrogens with one attached hydrogen (secondary N) is 1. The second kappa shape index (κ2) is 4.92. The first-order valence-electron chi connectivity index (χ1n) is 5.94. The third-order valence-electron chi connectivity index (χ3n) is 2.81. The van der Waals surface area contributed by atoms with E-state index in [4.69, 9.17) is 5.26 Å². The molecular weight excluding hydrogens is 224 g/mol. The topological polar surface area (TPSA) is 53.6 Å². The van der Waals surface area contributed by atoms with E-state index in [1.807, 2.05) is 38.4 Å². The molecule has 0 saturated heterocycles. The fourth-order valence-electron chi connectivity index (χ4n) is 1.90. The summed E-state index contributed by atoms with van der Waals surface area (Å²) >= 11 is 0. The normalized spacial score (nSPS) is 10.1. The average Bonchev–Trinajstić information content (AvgIpc) is 2.71. The standard InChI is InChI=1S/C14H16N4/c1-4-12-14(9-18(3)17-12)16-13-6-5-10(2)7-11(13)8-15/h5-7,9,16H,4H2,1-3H3. The zero-order valence-corrected chi connectivity index (χ0v) is 10.9. The highest BCUT2D eigenvalue weighted by molar-refractivity contribution is 5.68. The quantitative estimate of drug-likeness (QED) is 0.897. The fraction of sp³-hybridized carbons (Fsp3) is 0.286. The second-order valence-corrected chi connectivity index (χ2v) is 4.30. The maximum atomic E-state index is 9.14. The monoisotopic (exact) mass is 240 g/mol. The number of aromatic nitrogens is 2. The van der Waals surface area contributed by atoms with E-state index in [0.717, 1.165) is 29.1 Å². The van der Waals surface area contributed by atoms with Crippen molar-refractivity contribution in [1.82, 2.24) is 9.78 Å². The summed E-state index contributed by atoms with van der Waals surface area (Å²) in [7, 11) is 1.89. The molecule has 4 heteroatoms. The van der Waals surface area contributed by atoms with Crippen molar-refractivity contribution in [1.29, 1.82) is 5.26 Å². The van der Waals surface area contributed by atoms with Crippen LogP contribution in [0.3, 0.4) is 0 Å². The van der Waals surface area contributed by atoms with Crippen LogP contribution in [-0.4, -0.2) is 9.78 Å². The molecule has 0 atom stereocenters. The van der Waals surface area contributed by atoms with Crippen LogP contribution in [0.25, 0.3) is 0 Å².